The number of aromatic nitrogens is 3. The number of rotatable bonds is 3. The highest BCUT2D eigenvalue weighted by molar-refractivity contribution is 5.89. The maximum absolute atomic E-state index is 11.3. The van der Waals surface area contributed by atoms with E-state index in [1.165, 1.54) is 6.92 Å². The number of amides is 1. The predicted molar refractivity (Wildman–Crippen MR) is 103 cm³/mol. The average Bonchev–Trinajstić information content (AvgIpc) is 3.07. The molecule has 0 aliphatic rings. The van der Waals surface area contributed by atoms with Crippen molar-refractivity contribution >= 4 is 23.1 Å². The van der Waals surface area contributed by atoms with E-state index in [-0.39, 0.29) is 5.91 Å². The first kappa shape index (κ1) is 15.8. The molecule has 2 aromatic heterocycles. The molecule has 4 aromatic rings. The van der Waals surface area contributed by atoms with Crippen molar-refractivity contribution in [2.24, 2.45) is 0 Å². The van der Waals surface area contributed by atoms with Crippen LogP contribution < -0.4 is 11.1 Å². The van der Waals surface area contributed by atoms with Gasteiger partial charge in [0.05, 0.1) is 0 Å². The number of nitrogen functional groups attached to an aromatic ring is 1. The van der Waals surface area contributed by atoms with Gasteiger partial charge in [0.25, 0.3) is 0 Å². The maximum Gasteiger partial charge on any atom is 0.221 e. The van der Waals surface area contributed by atoms with Gasteiger partial charge in [-0.3, -0.25) is 4.79 Å². The van der Waals surface area contributed by atoms with Gasteiger partial charge in [-0.25, -0.2) is 4.98 Å². The van der Waals surface area contributed by atoms with E-state index >= 15 is 0 Å². The first-order chi connectivity index (χ1) is 12.6. The molecule has 0 bridgehead atoms. The van der Waals surface area contributed by atoms with Crippen LogP contribution in [0.15, 0.2) is 66.7 Å². The topological polar surface area (TPSA) is 85.3 Å². The Labute approximate surface area is 150 Å². The summed E-state index contributed by atoms with van der Waals surface area (Å²) >= 11 is 0. The van der Waals surface area contributed by atoms with Gasteiger partial charge in [-0.2, -0.15) is 4.52 Å². The second kappa shape index (κ2) is 6.33. The van der Waals surface area contributed by atoms with Crippen LogP contribution in [-0.4, -0.2) is 20.5 Å². The number of fused-ring (bicyclic) bond motifs is 1. The minimum Gasteiger partial charge on any atom is -0.384 e. The number of nitrogens with two attached hydrogens (primary N) is 1. The van der Waals surface area contributed by atoms with Crippen molar-refractivity contribution in [1.82, 2.24) is 14.6 Å². The first-order valence-electron chi connectivity index (χ1n) is 8.20. The molecule has 0 aliphatic carbocycles. The fourth-order valence-corrected chi connectivity index (χ4v) is 2.86. The van der Waals surface area contributed by atoms with Crippen LogP contribution in [0, 0.1) is 0 Å². The van der Waals surface area contributed by atoms with Crippen LogP contribution in [0.5, 0.6) is 0 Å². The zero-order valence-electron chi connectivity index (χ0n) is 14.2. The Bertz CT molecular complexity index is 1100. The van der Waals surface area contributed by atoms with Crippen molar-refractivity contribution in [2.75, 3.05) is 11.1 Å². The molecule has 0 atom stereocenters. The molecule has 0 aliphatic heterocycles. The highest BCUT2D eigenvalue weighted by Crippen LogP contribution is 2.27. The van der Waals surface area contributed by atoms with E-state index < -0.39 is 0 Å². The second-order valence-corrected chi connectivity index (χ2v) is 6.00. The molecule has 128 valence electrons. The molecule has 4 rings (SSSR count). The fraction of sp³-hybridized carbons (Fsp3) is 0.0500. The van der Waals surface area contributed by atoms with Gasteiger partial charge in [-0.1, -0.05) is 42.5 Å². The van der Waals surface area contributed by atoms with Gasteiger partial charge >= 0.3 is 0 Å². The zero-order valence-corrected chi connectivity index (χ0v) is 14.2. The number of hydrogen-bond acceptors (Lipinski definition) is 4. The zero-order chi connectivity index (χ0) is 18.1. The van der Waals surface area contributed by atoms with E-state index in [9.17, 15) is 4.79 Å². The quantitative estimate of drug-likeness (QED) is 0.595. The third-order valence-electron chi connectivity index (χ3n) is 4.01. The van der Waals surface area contributed by atoms with Crippen molar-refractivity contribution in [3.63, 3.8) is 0 Å². The Morgan fingerprint density at radius 3 is 2.50 bits per heavy atom. The average molecular weight is 343 g/mol. The van der Waals surface area contributed by atoms with Gasteiger partial charge in [0, 0.05) is 18.2 Å². The van der Waals surface area contributed by atoms with Crippen molar-refractivity contribution < 1.29 is 4.79 Å². The Balaban J connectivity index is 1.79. The largest absolute Gasteiger partial charge is 0.384 e. The van der Waals surface area contributed by atoms with Crippen molar-refractivity contribution in [1.29, 1.82) is 0 Å². The third kappa shape index (κ3) is 3.00. The molecule has 6 nitrogen and oxygen atoms in total. The lowest BCUT2D eigenvalue weighted by atomic mass is 10.1. The normalized spacial score (nSPS) is 10.8. The number of pyridine rings is 1. The summed E-state index contributed by atoms with van der Waals surface area (Å²) in [6.07, 6.45) is 0. The molecule has 0 saturated carbocycles. The summed E-state index contributed by atoms with van der Waals surface area (Å²) in [7, 11) is 0. The number of carbonyl (C=O) groups is 1. The highest BCUT2D eigenvalue weighted by atomic mass is 16.1. The Morgan fingerprint density at radius 1 is 0.962 bits per heavy atom. The van der Waals surface area contributed by atoms with E-state index in [1.54, 1.807) is 4.52 Å². The molecule has 2 heterocycles. The standard InChI is InChI=1S/C20H17N5O/c1-13(26)22-17-9-5-8-15(10-17)16-11-18(21)25-19(12-16)23-20(24-25)14-6-3-2-4-7-14/h2-12H,21H2,1H3,(H,22,26). The summed E-state index contributed by atoms with van der Waals surface area (Å²) in [5.41, 5.74) is 10.4. The van der Waals surface area contributed by atoms with Gasteiger partial charge in [0.15, 0.2) is 11.5 Å². The van der Waals surface area contributed by atoms with E-state index in [0.717, 1.165) is 22.4 Å². The lowest BCUT2D eigenvalue weighted by Gasteiger charge is -2.07. The van der Waals surface area contributed by atoms with Crippen molar-refractivity contribution in [3.8, 4) is 22.5 Å². The molecule has 6 heteroatoms. The number of carbonyl (C=O) groups excluding carboxylic acids is 1. The fourth-order valence-electron chi connectivity index (χ4n) is 2.86. The van der Waals surface area contributed by atoms with Gasteiger partial charge < -0.3 is 11.1 Å². The summed E-state index contributed by atoms with van der Waals surface area (Å²) < 4.78 is 1.63. The van der Waals surface area contributed by atoms with E-state index in [4.69, 9.17) is 5.73 Å². The summed E-state index contributed by atoms with van der Waals surface area (Å²) in [4.78, 5) is 15.9. The molecule has 3 N–H and O–H groups in total. The van der Waals surface area contributed by atoms with Crippen LogP contribution in [0.3, 0.4) is 0 Å². The minimum absolute atomic E-state index is 0.109. The molecule has 0 radical (unpaired) electrons. The van der Waals surface area contributed by atoms with Crippen LogP contribution in [0.1, 0.15) is 6.92 Å². The molecule has 0 unspecified atom stereocenters. The van der Waals surface area contributed by atoms with Crippen molar-refractivity contribution in [2.45, 2.75) is 6.92 Å². The van der Waals surface area contributed by atoms with Crippen LogP contribution >= 0.6 is 0 Å². The van der Waals surface area contributed by atoms with E-state index in [2.05, 4.69) is 15.4 Å². The molecular formula is C20H17N5O. The number of benzene rings is 2. The van der Waals surface area contributed by atoms with Crippen LogP contribution in [0.4, 0.5) is 11.5 Å². The molecule has 0 fully saturated rings. The summed E-state index contributed by atoms with van der Waals surface area (Å²) in [5, 5.41) is 7.29. The molecule has 0 saturated heterocycles. The number of hydrogen-bond donors (Lipinski definition) is 2. The molecule has 2 aromatic carbocycles. The van der Waals surface area contributed by atoms with Gasteiger partial charge in [0.2, 0.25) is 5.91 Å². The van der Waals surface area contributed by atoms with Crippen molar-refractivity contribution in [3.05, 3.63) is 66.7 Å². The lowest BCUT2D eigenvalue weighted by molar-refractivity contribution is -0.114. The Kier molecular flexibility index (Phi) is 3.85. The van der Waals surface area contributed by atoms with Gasteiger partial charge in [-0.15, -0.1) is 5.10 Å². The first-order valence-corrected chi connectivity index (χ1v) is 8.20. The SMILES string of the molecule is CC(=O)Nc1cccc(-c2cc(N)n3nc(-c4ccccc4)nc3c2)c1. The van der Waals surface area contributed by atoms with Gasteiger partial charge in [-0.05, 0) is 35.4 Å². The van der Waals surface area contributed by atoms with Crippen LogP contribution in [0.2, 0.25) is 0 Å². The number of nitrogens with zero attached hydrogens (tertiary/aromatic N) is 3. The Morgan fingerprint density at radius 2 is 1.73 bits per heavy atom. The third-order valence-corrected chi connectivity index (χ3v) is 4.01. The van der Waals surface area contributed by atoms with Crippen LogP contribution in [-0.2, 0) is 4.79 Å². The van der Waals surface area contributed by atoms with E-state index in [0.29, 0.717) is 17.3 Å². The lowest BCUT2D eigenvalue weighted by Crippen LogP contribution is -2.05. The smallest absolute Gasteiger partial charge is 0.221 e. The summed E-state index contributed by atoms with van der Waals surface area (Å²) in [5.74, 6) is 1.01. The molecule has 26 heavy (non-hydrogen) atoms. The van der Waals surface area contributed by atoms with E-state index in [1.807, 2.05) is 66.7 Å². The predicted octanol–water partition coefficient (Wildman–Crippen LogP) is 3.60. The monoisotopic (exact) mass is 343 g/mol. The van der Waals surface area contributed by atoms with Crippen LogP contribution in [0.25, 0.3) is 28.2 Å². The minimum atomic E-state index is -0.109. The molecular weight excluding hydrogens is 326 g/mol. The summed E-state index contributed by atoms with van der Waals surface area (Å²) in [6.45, 7) is 1.48. The molecule has 0 spiro atoms. The number of nitrogens with one attached hydrogen (secondary N) is 1. The van der Waals surface area contributed by atoms with Gasteiger partial charge in [0.1, 0.15) is 5.82 Å². The summed E-state index contributed by atoms with van der Waals surface area (Å²) in [6, 6.07) is 21.2. The number of anilines is 2. The second-order valence-electron chi connectivity index (χ2n) is 6.00. The Hall–Kier alpha value is -3.67. The maximum atomic E-state index is 11.3. The molecule has 1 amide bonds. The highest BCUT2D eigenvalue weighted by Gasteiger charge is 2.11.